The molecule has 0 aliphatic heterocycles. The van der Waals surface area contributed by atoms with Gasteiger partial charge >= 0.3 is 5.97 Å². The number of fused-ring (bicyclic) bond motifs is 1. The molecule has 0 radical (unpaired) electrons. The van der Waals surface area contributed by atoms with Crippen LogP contribution in [0.5, 0.6) is 11.5 Å². The zero-order valence-electron chi connectivity index (χ0n) is 14.2. The van der Waals surface area contributed by atoms with Crippen molar-refractivity contribution in [3.05, 3.63) is 58.8 Å². The first kappa shape index (κ1) is 19.5. The number of para-hydroxylation sites is 1. The Kier molecular flexibility index (Phi) is 6.80. The number of aliphatic carboxylic acids is 1. The fraction of sp³-hybridized carbons (Fsp3) is 0.158. The zero-order chi connectivity index (χ0) is 19.1. The average Bonchev–Trinajstić information content (AvgIpc) is 2.67. The molecule has 0 atom stereocenters. The van der Waals surface area contributed by atoms with Gasteiger partial charge in [-0.1, -0.05) is 34.1 Å². The molecule has 0 unspecified atom stereocenters. The molecule has 1 N–H and O–H groups in total. The lowest BCUT2D eigenvalue weighted by Gasteiger charge is -2.12. The average molecular weight is 421 g/mol. The van der Waals surface area contributed by atoms with Gasteiger partial charge in [0.15, 0.2) is 5.43 Å². The van der Waals surface area contributed by atoms with Crippen LogP contribution in [0, 0.1) is 0 Å². The molecule has 0 spiro atoms. The van der Waals surface area contributed by atoms with Gasteiger partial charge in [-0.2, -0.15) is 0 Å². The van der Waals surface area contributed by atoms with Gasteiger partial charge in [0.25, 0.3) is 0 Å². The largest absolute Gasteiger partial charge is 0.496 e. The summed E-state index contributed by atoms with van der Waals surface area (Å²) < 4.78 is 16.6. The molecule has 3 rings (SSSR count). The van der Waals surface area contributed by atoms with Crippen molar-refractivity contribution in [1.29, 1.82) is 0 Å². The molecule has 6 nitrogen and oxygen atoms in total. The fourth-order valence-corrected chi connectivity index (χ4v) is 2.32. The molecule has 0 fully saturated rings. The maximum atomic E-state index is 12.2. The van der Waals surface area contributed by atoms with Crippen LogP contribution in [0.25, 0.3) is 22.3 Å². The number of hydrogen-bond acceptors (Lipinski definition) is 5. The number of hydrogen-bond donors (Lipinski definition) is 1. The van der Waals surface area contributed by atoms with E-state index in [-0.39, 0.29) is 10.8 Å². The second-order valence-electron chi connectivity index (χ2n) is 5.04. The molecular formula is C19H17BrO6. The van der Waals surface area contributed by atoms with Crippen molar-refractivity contribution in [2.45, 2.75) is 0 Å². The maximum absolute atomic E-state index is 12.2. The summed E-state index contributed by atoms with van der Waals surface area (Å²) in [5, 5.41) is 8.26. The van der Waals surface area contributed by atoms with E-state index in [4.69, 9.17) is 19.0 Å². The van der Waals surface area contributed by atoms with Crippen LogP contribution in [-0.4, -0.2) is 30.6 Å². The Labute approximate surface area is 158 Å². The number of rotatable bonds is 4. The van der Waals surface area contributed by atoms with Crippen molar-refractivity contribution in [3.8, 4) is 22.8 Å². The zero-order valence-corrected chi connectivity index (χ0v) is 15.8. The third-order valence-corrected chi connectivity index (χ3v) is 3.90. The number of benzene rings is 2. The number of methoxy groups -OCH3 is 2. The molecule has 136 valence electrons. The number of alkyl halides is 1. The first-order chi connectivity index (χ1) is 12.5. The van der Waals surface area contributed by atoms with Gasteiger partial charge in [-0.15, -0.1) is 0 Å². The summed E-state index contributed by atoms with van der Waals surface area (Å²) in [5.41, 5.74) is 1.07. The van der Waals surface area contributed by atoms with E-state index >= 15 is 0 Å². The molecule has 3 aromatic rings. The van der Waals surface area contributed by atoms with Crippen LogP contribution in [-0.2, 0) is 4.79 Å². The van der Waals surface area contributed by atoms with E-state index in [1.54, 1.807) is 38.5 Å². The van der Waals surface area contributed by atoms with Crippen LogP contribution in [0.2, 0.25) is 0 Å². The number of carboxylic acids is 1. The predicted octanol–water partition coefficient (Wildman–Crippen LogP) is 3.94. The highest BCUT2D eigenvalue weighted by atomic mass is 79.9. The lowest BCUT2D eigenvalue weighted by molar-refractivity contribution is -0.133. The van der Waals surface area contributed by atoms with Crippen LogP contribution >= 0.6 is 15.9 Å². The summed E-state index contributed by atoms with van der Waals surface area (Å²) in [4.78, 5) is 21.6. The van der Waals surface area contributed by atoms with Gasteiger partial charge in [0, 0.05) is 6.07 Å². The Morgan fingerprint density at radius 3 is 2.19 bits per heavy atom. The van der Waals surface area contributed by atoms with E-state index in [1.165, 1.54) is 6.07 Å². The summed E-state index contributed by atoms with van der Waals surface area (Å²) in [5.74, 6) is 0.776. The minimum atomic E-state index is -0.829. The quantitative estimate of drug-likeness (QED) is 0.643. The molecular weight excluding hydrogens is 404 g/mol. The number of ether oxygens (including phenoxy) is 2. The van der Waals surface area contributed by atoms with Gasteiger partial charge in [-0.25, -0.2) is 0 Å². The lowest BCUT2D eigenvalue weighted by Crippen LogP contribution is -2.01. The van der Waals surface area contributed by atoms with Crippen LogP contribution in [0.3, 0.4) is 0 Å². The topological polar surface area (TPSA) is 86.0 Å². The fourth-order valence-electron chi connectivity index (χ4n) is 2.32. The summed E-state index contributed by atoms with van der Waals surface area (Å²) in [6.07, 6.45) is 0. The Balaban J connectivity index is 0.000000431. The van der Waals surface area contributed by atoms with Gasteiger partial charge < -0.3 is 19.0 Å². The predicted molar refractivity (Wildman–Crippen MR) is 102 cm³/mol. The third-order valence-electron chi connectivity index (χ3n) is 3.42. The van der Waals surface area contributed by atoms with Gasteiger partial charge in [-0.3, -0.25) is 9.59 Å². The number of carbonyl (C=O) groups is 1. The van der Waals surface area contributed by atoms with Crippen molar-refractivity contribution < 1.29 is 23.8 Å². The first-order valence-corrected chi connectivity index (χ1v) is 8.66. The Morgan fingerprint density at radius 1 is 1.08 bits per heavy atom. The van der Waals surface area contributed by atoms with Gasteiger partial charge in [0.1, 0.15) is 33.7 Å². The summed E-state index contributed by atoms with van der Waals surface area (Å²) in [6.45, 7) is 0. The van der Waals surface area contributed by atoms with Gasteiger partial charge in [0.05, 0.1) is 19.6 Å². The molecule has 0 amide bonds. The highest BCUT2D eigenvalue weighted by Gasteiger charge is 2.16. The van der Waals surface area contributed by atoms with Gasteiger partial charge in [-0.05, 0) is 24.3 Å². The molecule has 0 bridgehead atoms. The standard InChI is InChI=1S/C17H14O4.C2H3BrO2/c1-19-14-8-5-9-15(20-2)17(14)16-10-12(18)11-6-3-4-7-13(11)21-16;3-1-2(4)5/h3-10H,1-2H3;1H2,(H,4,5). The highest BCUT2D eigenvalue weighted by molar-refractivity contribution is 9.09. The van der Waals surface area contributed by atoms with Crippen LogP contribution in [0.4, 0.5) is 0 Å². The molecule has 0 saturated carbocycles. The smallest absolute Gasteiger partial charge is 0.314 e. The van der Waals surface area contributed by atoms with Crippen molar-refractivity contribution in [2.75, 3.05) is 19.5 Å². The van der Waals surface area contributed by atoms with Crippen LogP contribution < -0.4 is 14.9 Å². The van der Waals surface area contributed by atoms with E-state index in [9.17, 15) is 9.59 Å². The number of halogens is 1. The SMILES string of the molecule is COc1cccc(OC)c1-c1cc(=O)c2ccccc2o1.O=C(O)CBr. The molecule has 0 aliphatic carbocycles. The Morgan fingerprint density at radius 2 is 1.65 bits per heavy atom. The van der Waals surface area contributed by atoms with Crippen LogP contribution in [0.1, 0.15) is 0 Å². The van der Waals surface area contributed by atoms with Crippen molar-refractivity contribution in [2.24, 2.45) is 0 Å². The lowest BCUT2D eigenvalue weighted by atomic mass is 10.1. The second kappa shape index (κ2) is 9.05. The van der Waals surface area contributed by atoms with Crippen molar-refractivity contribution in [3.63, 3.8) is 0 Å². The molecule has 0 aliphatic rings. The van der Waals surface area contributed by atoms with E-state index < -0.39 is 5.97 Å². The molecule has 2 aromatic carbocycles. The molecule has 26 heavy (non-hydrogen) atoms. The first-order valence-electron chi connectivity index (χ1n) is 7.53. The van der Waals surface area contributed by atoms with Crippen LogP contribution in [0.15, 0.2) is 57.7 Å². The number of carboxylic acid groups (broad SMARTS) is 1. The monoisotopic (exact) mass is 420 g/mol. The van der Waals surface area contributed by atoms with E-state index in [0.29, 0.717) is 33.8 Å². The molecule has 0 saturated heterocycles. The van der Waals surface area contributed by atoms with E-state index in [2.05, 4.69) is 15.9 Å². The Bertz CT molecular complexity index is 941. The minimum absolute atomic E-state index is 0.0347. The molecule has 1 heterocycles. The molecule has 7 heteroatoms. The second-order valence-corrected chi connectivity index (χ2v) is 5.60. The summed E-state index contributed by atoms with van der Waals surface area (Å²) in [7, 11) is 3.13. The normalized spacial score (nSPS) is 9.96. The summed E-state index contributed by atoms with van der Waals surface area (Å²) in [6, 6.07) is 14.0. The summed E-state index contributed by atoms with van der Waals surface area (Å²) >= 11 is 2.71. The minimum Gasteiger partial charge on any atom is -0.496 e. The highest BCUT2D eigenvalue weighted by Crippen LogP contribution is 2.38. The molecule has 1 aromatic heterocycles. The van der Waals surface area contributed by atoms with Crippen molar-refractivity contribution >= 4 is 32.9 Å². The van der Waals surface area contributed by atoms with E-state index in [1.807, 2.05) is 18.2 Å². The Hall–Kier alpha value is -2.80. The van der Waals surface area contributed by atoms with Gasteiger partial charge in [0.2, 0.25) is 0 Å². The maximum Gasteiger partial charge on any atom is 0.314 e. The third kappa shape index (κ3) is 4.43. The van der Waals surface area contributed by atoms with E-state index in [0.717, 1.165) is 0 Å². The van der Waals surface area contributed by atoms with Crippen molar-refractivity contribution in [1.82, 2.24) is 0 Å².